The van der Waals surface area contributed by atoms with E-state index in [9.17, 15) is 9.59 Å². The average molecular weight is 348 g/mol. The van der Waals surface area contributed by atoms with E-state index in [2.05, 4.69) is 6.92 Å². The van der Waals surface area contributed by atoms with Crippen molar-refractivity contribution in [3.05, 3.63) is 58.4 Å². The predicted molar refractivity (Wildman–Crippen MR) is 106 cm³/mol. The highest BCUT2D eigenvalue weighted by atomic mass is 16.2. The fourth-order valence-electron chi connectivity index (χ4n) is 3.92. The number of hydrogen-bond acceptors (Lipinski definition) is 2. The largest absolute Gasteiger partial charge is 0.339 e. The Hall–Kier alpha value is -2.62. The summed E-state index contributed by atoms with van der Waals surface area (Å²) in [6, 6.07) is 13.5. The van der Waals surface area contributed by atoms with Crippen molar-refractivity contribution < 1.29 is 4.79 Å². The van der Waals surface area contributed by atoms with Gasteiger partial charge in [-0.3, -0.25) is 9.59 Å². The normalized spacial score (nSPS) is 14.4. The van der Waals surface area contributed by atoms with Crippen LogP contribution >= 0.6 is 0 Å². The second kappa shape index (κ2) is 6.94. The van der Waals surface area contributed by atoms with Crippen LogP contribution in [0.15, 0.2) is 47.3 Å². The Bertz CT molecular complexity index is 1030. The molecule has 0 radical (unpaired) electrons. The average Bonchev–Trinajstić information content (AvgIpc) is 3.22. The zero-order valence-corrected chi connectivity index (χ0v) is 15.2. The summed E-state index contributed by atoms with van der Waals surface area (Å²) in [5, 5.41) is 2.64. The van der Waals surface area contributed by atoms with Crippen molar-refractivity contribution in [2.75, 3.05) is 13.1 Å². The molecule has 0 spiro atoms. The van der Waals surface area contributed by atoms with Gasteiger partial charge in [0.25, 0.3) is 11.5 Å². The molecule has 1 aromatic heterocycles. The number of aromatic nitrogens is 1. The molecule has 4 rings (SSSR count). The van der Waals surface area contributed by atoms with Gasteiger partial charge < -0.3 is 9.47 Å². The van der Waals surface area contributed by atoms with E-state index >= 15 is 0 Å². The Labute approximate surface area is 153 Å². The lowest BCUT2D eigenvalue weighted by Crippen LogP contribution is -2.27. The molecular weight excluding hydrogens is 324 g/mol. The molecule has 3 aromatic rings. The smallest absolute Gasteiger partial charge is 0.258 e. The summed E-state index contributed by atoms with van der Waals surface area (Å²) >= 11 is 0. The molecule has 4 heteroatoms. The number of unbranched alkanes of at least 4 members (excludes halogenated alkanes) is 1. The Morgan fingerprint density at radius 2 is 1.73 bits per heavy atom. The Morgan fingerprint density at radius 3 is 2.46 bits per heavy atom. The second-order valence-corrected chi connectivity index (χ2v) is 7.09. The molecule has 1 aliphatic rings. The number of rotatable bonds is 4. The van der Waals surface area contributed by atoms with E-state index in [1.165, 1.54) is 0 Å². The first-order valence-corrected chi connectivity index (χ1v) is 9.55. The van der Waals surface area contributed by atoms with Gasteiger partial charge in [-0.2, -0.15) is 0 Å². The van der Waals surface area contributed by atoms with E-state index in [1.807, 2.05) is 51.9 Å². The molecule has 1 fully saturated rings. The van der Waals surface area contributed by atoms with Gasteiger partial charge in [-0.1, -0.05) is 31.5 Å². The van der Waals surface area contributed by atoms with Crippen LogP contribution < -0.4 is 5.56 Å². The topological polar surface area (TPSA) is 42.3 Å². The molecule has 4 nitrogen and oxygen atoms in total. The molecule has 26 heavy (non-hydrogen) atoms. The maximum Gasteiger partial charge on any atom is 0.258 e. The number of benzene rings is 2. The Morgan fingerprint density at radius 1 is 1.00 bits per heavy atom. The molecule has 0 unspecified atom stereocenters. The van der Waals surface area contributed by atoms with E-state index < -0.39 is 0 Å². The Balaban J connectivity index is 1.93. The van der Waals surface area contributed by atoms with E-state index in [4.69, 9.17) is 0 Å². The zero-order valence-electron chi connectivity index (χ0n) is 15.2. The van der Waals surface area contributed by atoms with Crippen LogP contribution in [-0.4, -0.2) is 28.5 Å². The maximum atomic E-state index is 13.0. The standard InChI is InChI=1S/C22H24N2O2/c1-2-3-14-24-20-11-10-16(21(25)23-12-6-7-13-23)15-19(20)17-8-4-5-9-18(17)22(24)26/h4-5,8-11,15H,2-3,6-7,12-14H2,1H3. The van der Waals surface area contributed by atoms with Gasteiger partial charge in [0, 0.05) is 36.0 Å². The second-order valence-electron chi connectivity index (χ2n) is 7.09. The fourth-order valence-corrected chi connectivity index (χ4v) is 3.92. The molecular formula is C22H24N2O2. The first kappa shape index (κ1) is 16.8. The van der Waals surface area contributed by atoms with Crippen LogP contribution in [0, 0.1) is 0 Å². The van der Waals surface area contributed by atoms with Crippen LogP contribution in [0.5, 0.6) is 0 Å². The first-order chi connectivity index (χ1) is 12.7. The van der Waals surface area contributed by atoms with Crippen molar-refractivity contribution in [3.8, 4) is 0 Å². The number of fused-ring (bicyclic) bond motifs is 3. The zero-order chi connectivity index (χ0) is 18.1. The number of pyridine rings is 1. The molecule has 1 saturated heterocycles. The minimum absolute atomic E-state index is 0.0557. The third-order valence-electron chi connectivity index (χ3n) is 5.36. The summed E-state index contributed by atoms with van der Waals surface area (Å²) < 4.78 is 1.87. The molecule has 1 amide bonds. The lowest BCUT2D eigenvalue weighted by molar-refractivity contribution is 0.0793. The minimum atomic E-state index is 0.0557. The van der Waals surface area contributed by atoms with Gasteiger partial charge in [-0.05, 0) is 48.9 Å². The third-order valence-corrected chi connectivity index (χ3v) is 5.36. The van der Waals surface area contributed by atoms with Gasteiger partial charge in [0.1, 0.15) is 0 Å². The summed E-state index contributed by atoms with van der Waals surface area (Å²) in [6.07, 6.45) is 4.16. The number of amides is 1. The molecule has 2 heterocycles. The van der Waals surface area contributed by atoms with E-state index in [1.54, 1.807) is 0 Å². The highest BCUT2D eigenvalue weighted by Gasteiger charge is 2.20. The monoisotopic (exact) mass is 348 g/mol. The van der Waals surface area contributed by atoms with Crippen molar-refractivity contribution in [3.63, 3.8) is 0 Å². The lowest BCUT2D eigenvalue weighted by Gasteiger charge is -2.17. The van der Waals surface area contributed by atoms with Gasteiger partial charge in [0.2, 0.25) is 0 Å². The number of carbonyl (C=O) groups is 1. The highest BCUT2D eigenvalue weighted by molar-refractivity contribution is 6.08. The molecule has 0 atom stereocenters. The molecule has 0 saturated carbocycles. The maximum absolute atomic E-state index is 13.0. The van der Waals surface area contributed by atoms with Crippen LogP contribution in [0.25, 0.3) is 21.7 Å². The summed E-state index contributed by atoms with van der Waals surface area (Å²) in [4.78, 5) is 27.7. The molecule has 0 bridgehead atoms. The molecule has 2 aromatic carbocycles. The molecule has 134 valence electrons. The minimum Gasteiger partial charge on any atom is -0.339 e. The number of aryl methyl sites for hydroxylation is 1. The predicted octanol–water partition coefficient (Wildman–Crippen LogP) is 4.19. The lowest BCUT2D eigenvalue weighted by atomic mass is 10.0. The van der Waals surface area contributed by atoms with Crippen molar-refractivity contribution in [2.24, 2.45) is 0 Å². The van der Waals surface area contributed by atoms with Crippen LogP contribution in [0.1, 0.15) is 43.0 Å². The molecule has 1 aliphatic heterocycles. The first-order valence-electron chi connectivity index (χ1n) is 9.55. The van der Waals surface area contributed by atoms with E-state index in [0.29, 0.717) is 12.1 Å². The number of nitrogens with zero attached hydrogens (tertiary/aromatic N) is 2. The van der Waals surface area contributed by atoms with Crippen molar-refractivity contribution in [1.82, 2.24) is 9.47 Å². The number of carbonyl (C=O) groups excluding carboxylic acids is 1. The van der Waals surface area contributed by atoms with Crippen LogP contribution in [0.2, 0.25) is 0 Å². The number of likely N-dealkylation sites (tertiary alicyclic amines) is 1. The number of hydrogen-bond donors (Lipinski definition) is 0. The van der Waals surface area contributed by atoms with Crippen molar-refractivity contribution in [1.29, 1.82) is 0 Å². The summed E-state index contributed by atoms with van der Waals surface area (Å²) in [5.41, 5.74) is 1.69. The van der Waals surface area contributed by atoms with Crippen molar-refractivity contribution >= 4 is 27.6 Å². The van der Waals surface area contributed by atoms with Crippen LogP contribution in [-0.2, 0) is 6.54 Å². The SMILES string of the molecule is CCCCn1c(=O)c2ccccc2c2cc(C(=O)N3CCCC3)ccc21. The third kappa shape index (κ3) is 2.79. The molecule has 0 aliphatic carbocycles. The van der Waals surface area contributed by atoms with Gasteiger partial charge in [-0.25, -0.2) is 0 Å². The van der Waals surface area contributed by atoms with Crippen LogP contribution in [0.4, 0.5) is 0 Å². The van der Waals surface area contributed by atoms with Gasteiger partial charge >= 0.3 is 0 Å². The highest BCUT2D eigenvalue weighted by Crippen LogP contribution is 2.25. The summed E-state index contributed by atoms with van der Waals surface area (Å²) in [6.45, 7) is 4.51. The van der Waals surface area contributed by atoms with Crippen LogP contribution in [0.3, 0.4) is 0 Å². The van der Waals surface area contributed by atoms with Gasteiger partial charge in [0.15, 0.2) is 0 Å². The quantitative estimate of drug-likeness (QED) is 0.664. The van der Waals surface area contributed by atoms with Gasteiger partial charge in [-0.15, -0.1) is 0 Å². The Kier molecular flexibility index (Phi) is 4.49. The molecule has 0 N–H and O–H groups in total. The van der Waals surface area contributed by atoms with E-state index in [-0.39, 0.29) is 11.5 Å². The summed E-state index contributed by atoms with van der Waals surface area (Å²) in [7, 11) is 0. The fraction of sp³-hybridized carbons (Fsp3) is 0.364. The summed E-state index contributed by atoms with van der Waals surface area (Å²) in [5.74, 6) is 0.0970. The van der Waals surface area contributed by atoms with E-state index in [0.717, 1.165) is 60.4 Å². The van der Waals surface area contributed by atoms with Gasteiger partial charge in [0.05, 0.1) is 5.52 Å². The van der Waals surface area contributed by atoms with Crippen molar-refractivity contribution in [2.45, 2.75) is 39.2 Å².